The molecule has 0 saturated heterocycles. The summed E-state index contributed by atoms with van der Waals surface area (Å²) in [5, 5.41) is 4.49. The lowest BCUT2D eigenvalue weighted by Gasteiger charge is -2.07. The molecule has 2 aromatic rings. The monoisotopic (exact) mass is 284 g/mol. The predicted molar refractivity (Wildman–Crippen MR) is 76.0 cm³/mol. The van der Waals surface area contributed by atoms with E-state index in [-0.39, 0.29) is 0 Å². The van der Waals surface area contributed by atoms with Crippen molar-refractivity contribution in [2.45, 2.75) is 26.9 Å². The van der Waals surface area contributed by atoms with Crippen molar-refractivity contribution in [3.8, 4) is 0 Å². The summed E-state index contributed by atoms with van der Waals surface area (Å²) in [6.45, 7) is 7.41. The second-order valence-electron chi connectivity index (χ2n) is 4.29. The lowest BCUT2D eigenvalue weighted by Crippen LogP contribution is -2.11. The van der Waals surface area contributed by atoms with Crippen LogP contribution in [0.2, 0.25) is 0 Å². The third kappa shape index (κ3) is 2.88. The number of hydrogen-bond acceptors (Lipinski definition) is 4. The lowest BCUT2D eigenvalue weighted by atomic mass is 10.4. The molecule has 106 valence electrons. The molecule has 0 saturated carbocycles. The summed E-state index contributed by atoms with van der Waals surface area (Å²) in [7, 11) is 1.66. The number of fused-ring (bicyclic) bond motifs is 1. The Balaban J connectivity index is 2.17. The molecule has 0 bridgehead atoms. The fraction of sp³-hybridized carbons (Fsp3) is 0.667. The SMILES string of the molecule is CCn1nc(C)c2[nH]c(=S)n(CCOCCOC)c21. The molecule has 0 radical (unpaired) electrons. The van der Waals surface area contributed by atoms with E-state index in [4.69, 9.17) is 21.7 Å². The molecule has 0 aliphatic heterocycles. The molecule has 0 aliphatic rings. The molecule has 2 aromatic heterocycles. The van der Waals surface area contributed by atoms with Gasteiger partial charge in [-0.15, -0.1) is 0 Å². The van der Waals surface area contributed by atoms with E-state index in [0.717, 1.165) is 23.4 Å². The fourth-order valence-electron chi connectivity index (χ4n) is 2.09. The van der Waals surface area contributed by atoms with Crippen molar-refractivity contribution in [2.24, 2.45) is 0 Å². The fourth-order valence-corrected chi connectivity index (χ4v) is 2.37. The van der Waals surface area contributed by atoms with Gasteiger partial charge < -0.3 is 14.5 Å². The van der Waals surface area contributed by atoms with Crippen LogP contribution in [0.5, 0.6) is 0 Å². The van der Waals surface area contributed by atoms with Crippen molar-refractivity contribution in [1.82, 2.24) is 19.3 Å². The van der Waals surface area contributed by atoms with Gasteiger partial charge in [-0.05, 0) is 26.1 Å². The van der Waals surface area contributed by atoms with Crippen molar-refractivity contribution < 1.29 is 9.47 Å². The average Bonchev–Trinajstić information content (AvgIpc) is 2.88. The number of aromatic nitrogens is 4. The first kappa shape index (κ1) is 14.2. The molecule has 0 fully saturated rings. The molecule has 0 aliphatic carbocycles. The Hall–Kier alpha value is -1.18. The highest BCUT2D eigenvalue weighted by Gasteiger charge is 2.13. The molecule has 6 nitrogen and oxygen atoms in total. The van der Waals surface area contributed by atoms with E-state index in [2.05, 4.69) is 17.0 Å². The van der Waals surface area contributed by atoms with E-state index in [1.165, 1.54) is 0 Å². The maximum absolute atomic E-state index is 5.50. The van der Waals surface area contributed by atoms with Crippen LogP contribution in [0.1, 0.15) is 12.6 Å². The first-order valence-corrected chi connectivity index (χ1v) is 6.82. The van der Waals surface area contributed by atoms with Crippen LogP contribution in [0.4, 0.5) is 0 Å². The van der Waals surface area contributed by atoms with Crippen molar-refractivity contribution in [3.63, 3.8) is 0 Å². The minimum absolute atomic E-state index is 0.601. The van der Waals surface area contributed by atoms with Gasteiger partial charge in [0.25, 0.3) is 0 Å². The van der Waals surface area contributed by atoms with Crippen LogP contribution in [0.3, 0.4) is 0 Å². The Labute approximate surface area is 117 Å². The van der Waals surface area contributed by atoms with Crippen molar-refractivity contribution in [1.29, 1.82) is 0 Å². The number of rotatable bonds is 7. The second-order valence-corrected chi connectivity index (χ2v) is 4.67. The molecule has 7 heteroatoms. The lowest BCUT2D eigenvalue weighted by molar-refractivity contribution is 0.0667. The number of ether oxygens (including phenoxy) is 2. The van der Waals surface area contributed by atoms with Crippen LogP contribution < -0.4 is 0 Å². The van der Waals surface area contributed by atoms with Crippen LogP contribution in [0.15, 0.2) is 0 Å². The van der Waals surface area contributed by atoms with Crippen LogP contribution in [-0.2, 0) is 22.6 Å². The third-order valence-electron chi connectivity index (χ3n) is 3.02. The molecule has 1 N–H and O–H groups in total. The summed E-state index contributed by atoms with van der Waals surface area (Å²) >= 11 is 5.36. The van der Waals surface area contributed by atoms with Crippen molar-refractivity contribution in [2.75, 3.05) is 26.9 Å². The second kappa shape index (κ2) is 6.31. The van der Waals surface area contributed by atoms with Gasteiger partial charge in [0.05, 0.1) is 32.1 Å². The minimum atomic E-state index is 0.601. The Bertz CT molecular complexity index is 599. The summed E-state index contributed by atoms with van der Waals surface area (Å²) in [5.41, 5.74) is 3.03. The van der Waals surface area contributed by atoms with E-state index < -0.39 is 0 Å². The van der Waals surface area contributed by atoms with Gasteiger partial charge in [0.15, 0.2) is 10.4 Å². The molecule has 0 aromatic carbocycles. The Morgan fingerprint density at radius 3 is 2.79 bits per heavy atom. The third-order valence-corrected chi connectivity index (χ3v) is 3.35. The zero-order chi connectivity index (χ0) is 13.8. The summed E-state index contributed by atoms with van der Waals surface area (Å²) < 4.78 is 15.2. The smallest absolute Gasteiger partial charge is 0.179 e. The van der Waals surface area contributed by atoms with E-state index in [1.807, 2.05) is 16.2 Å². The highest BCUT2D eigenvalue weighted by atomic mass is 32.1. The van der Waals surface area contributed by atoms with Gasteiger partial charge in [0.1, 0.15) is 5.52 Å². The normalized spacial score (nSPS) is 11.5. The molecular weight excluding hydrogens is 264 g/mol. The van der Waals surface area contributed by atoms with E-state index >= 15 is 0 Å². The molecule has 2 heterocycles. The number of methoxy groups -OCH3 is 1. The standard InChI is InChI=1S/C12H20N4O2S/c1-4-16-11-10(9(2)14-16)13-12(19)15(11)5-6-18-8-7-17-3/h4-8H2,1-3H3,(H,13,19). The van der Waals surface area contributed by atoms with Gasteiger partial charge >= 0.3 is 0 Å². The molecule has 19 heavy (non-hydrogen) atoms. The summed E-state index contributed by atoms with van der Waals surface area (Å²) in [5.74, 6) is 0. The Morgan fingerprint density at radius 1 is 1.32 bits per heavy atom. The van der Waals surface area contributed by atoms with Crippen molar-refractivity contribution >= 4 is 23.4 Å². The molecule has 0 amide bonds. The van der Waals surface area contributed by atoms with Crippen LogP contribution in [-0.4, -0.2) is 46.3 Å². The number of aromatic amines is 1. The maximum Gasteiger partial charge on any atom is 0.179 e. The van der Waals surface area contributed by atoms with Gasteiger partial charge in [-0.25, -0.2) is 4.68 Å². The van der Waals surface area contributed by atoms with Gasteiger partial charge in [0.2, 0.25) is 0 Å². The minimum Gasteiger partial charge on any atom is -0.382 e. The number of H-pyrrole nitrogens is 1. The molecule has 2 rings (SSSR count). The van der Waals surface area contributed by atoms with Crippen LogP contribution >= 0.6 is 12.2 Å². The molecular formula is C12H20N4O2S. The van der Waals surface area contributed by atoms with Gasteiger partial charge in [-0.2, -0.15) is 5.10 Å². The van der Waals surface area contributed by atoms with Gasteiger partial charge in [-0.1, -0.05) is 0 Å². The molecule has 0 unspecified atom stereocenters. The first-order chi connectivity index (χ1) is 9.19. The number of hydrogen-bond donors (Lipinski definition) is 1. The number of imidazole rings is 1. The highest BCUT2D eigenvalue weighted by Crippen LogP contribution is 2.17. The quantitative estimate of drug-likeness (QED) is 0.623. The van der Waals surface area contributed by atoms with Gasteiger partial charge in [0, 0.05) is 13.7 Å². The zero-order valence-electron chi connectivity index (χ0n) is 11.6. The summed E-state index contributed by atoms with van der Waals surface area (Å²) in [4.78, 5) is 3.22. The highest BCUT2D eigenvalue weighted by molar-refractivity contribution is 7.71. The van der Waals surface area contributed by atoms with Gasteiger partial charge in [-0.3, -0.25) is 4.57 Å². The molecule has 0 spiro atoms. The number of aryl methyl sites for hydroxylation is 2. The summed E-state index contributed by atoms with van der Waals surface area (Å²) in [6, 6.07) is 0. The maximum atomic E-state index is 5.50. The molecule has 0 atom stereocenters. The topological polar surface area (TPSA) is 57.0 Å². The van der Waals surface area contributed by atoms with E-state index in [0.29, 0.717) is 31.1 Å². The average molecular weight is 284 g/mol. The Kier molecular flexibility index (Phi) is 4.73. The van der Waals surface area contributed by atoms with Crippen LogP contribution in [0.25, 0.3) is 11.2 Å². The largest absolute Gasteiger partial charge is 0.382 e. The van der Waals surface area contributed by atoms with E-state index in [9.17, 15) is 0 Å². The number of nitrogens with zero attached hydrogens (tertiary/aromatic N) is 3. The Morgan fingerprint density at radius 2 is 2.11 bits per heavy atom. The predicted octanol–water partition coefficient (Wildman–Crippen LogP) is 1.89. The van der Waals surface area contributed by atoms with Crippen molar-refractivity contribution in [3.05, 3.63) is 10.5 Å². The first-order valence-electron chi connectivity index (χ1n) is 6.41. The van der Waals surface area contributed by atoms with Crippen LogP contribution in [0, 0.1) is 11.7 Å². The zero-order valence-corrected chi connectivity index (χ0v) is 12.4. The summed E-state index contributed by atoms with van der Waals surface area (Å²) in [6.07, 6.45) is 0. The number of nitrogens with one attached hydrogen (secondary N) is 1. The van der Waals surface area contributed by atoms with E-state index in [1.54, 1.807) is 7.11 Å².